The van der Waals surface area contributed by atoms with Crippen LogP contribution in [0.1, 0.15) is 11.1 Å². The number of hydroxylamine groups is 2. The lowest BCUT2D eigenvalue weighted by Gasteiger charge is -2.03. The van der Waals surface area contributed by atoms with E-state index in [0.29, 0.717) is 5.06 Å². The topological polar surface area (TPSA) is 40.5 Å². The molecule has 3 nitrogen and oxygen atoms in total. The first-order chi connectivity index (χ1) is 6.61. The molecule has 3 heteroatoms. The molecule has 1 N–H and O–H groups in total. The second kappa shape index (κ2) is 4.58. The lowest BCUT2D eigenvalue weighted by Crippen LogP contribution is -2.19. The van der Waals surface area contributed by atoms with E-state index in [4.69, 9.17) is 5.21 Å². The molecule has 0 saturated carbocycles. The summed E-state index contributed by atoms with van der Waals surface area (Å²) >= 11 is 0. The summed E-state index contributed by atoms with van der Waals surface area (Å²) in [5.74, 6) is -0.437. The zero-order valence-corrected chi connectivity index (χ0v) is 8.27. The van der Waals surface area contributed by atoms with Crippen LogP contribution in [-0.4, -0.2) is 23.2 Å². The number of hydrogen-bond acceptors (Lipinski definition) is 2. The number of benzene rings is 1. The Kier molecular flexibility index (Phi) is 3.42. The Morgan fingerprint density at radius 2 is 2.07 bits per heavy atom. The summed E-state index contributed by atoms with van der Waals surface area (Å²) in [7, 11) is 1.30. The molecule has 0 aliphatic rings. The second-order valence-corrected chi connectivity index (χ2v) is 3.05. The molecule has 14 heavy (non-hydrogen) atoms. The molecule has 1 aromatic rings. The van der Waals surface area contributed by atoms with Crippen molar-refractivity contribution in [2.24, 2.45) is 0 Å². The van der Waals surface area contributed by atoms with Crippen molar-refractivity contribution in [2.45, 2.75) is 6.92 Å². The van der Waals surface area contributed by atoms with Gasteiger partial charge in [0.15, 0.2) is 0 Å². The molecular weight excluding hydrogens is 178 g/mol. The lowest BCUT2D eigenvalue weighted by atomic mass is 10.1. The Bertz CT molecular complexity index is 356. The predicted molar refractivity (Wildman–Crippen MR) is 54.8 cm³/mol. The Hall–Kier alpha value is -1.61. The van der Waals surface area contributed by atoms with Gasteiger partial charge in [-0.25, -0.2) is 5.06 Å². The molecule has 0 aromatic heterocycles. The van der Waals surface area contributed by atoms with E-state index in [1.54, 1.807) is 6.08 Å². The third-order valence-electron chi connectivity index (χ3n) is 1.91. The van der Waals surface area contributed by atoms with E-state index in [-0.39, 0.29) is 0 Å². The van der Waals surface area contributed by atoms with Crippen molar-refractivity contribution in [1.82, 2.24) is 5.06 Å². The van der Waals surface area contributed by atoms with E-state index in [9.17, 15) is 4.79 Å². The average Bonchev–Trinajstić information content (AvgIpc) is 2.16. The van der Waals surface area contributed by atoms with Gasteiger partial charge in [-0.2, -0.15) is 0 Å². The van der Waals surface area contributed by atoms with Gasteiger partial charge in [0.1, 0.15) is 0 Å². The number of amides is 1. The van der Waals surface area contributed by atoms with Gasteiger partial charge in [0.2, 0.25) is 0 Å². The molecule has 0 spiro atoms. The number of rotatable bonds is 2. The molecule has 0 aliphatic carbocycles. The summed E-state index contributed by atoms with van der Waals surface area (Å²) in [6, 6.07) is 7.72. The molecule has 74 valence electrons. The van der Waals surface area contributed by atoms with Crippen LogP contribution < -0.4 is 0 Å². The molecule has 0 aliphatic heterocycles. The normalized spacial score (nSPS) is 10.5. The summed E-state index contributed by atoms with van der Waals surface area (Å²) in [4.78, 5) is 11.0. The van der Waals surface area contributed by atoms with Gasteiger partial charge in [0.25, 0.3) is 5.91 Å². The molecule has 0 unspecified atom stereocenters. The van der Waals surface area contributed by atoms with Crippen LogP contribution in [0, 0.1) is 6.92 Å². The lowest BCUT2D eigenvalue weighted by molar-refractivity contribution is -0.153. The van der Waals surface area contributed by atoms with E-state index in [2.05, 4.69) is 0 Å². The van der Waals surface area contributed by atoms with Crippen LogP contribution in [0.15, 0.2) is 30.3 Å². The number of carbonyl (C=O) groups excluding carboxylic acids is 1. The second-order valence-electron chi connectivity index (χ2n) is 3.05. The molecule has 1 rings (SSSR count). The smallest absolute Gasteiger partial charge is 0.269 e. The summed E-state index contributed by atoms with van der Waals surface area (Å²) in [6.07, 6.45) is 3.02. The highest BCUT2D eigenvalue weighted by Gasteiger charge is 1.99. The van der Waals surface area contributed by atoms with E-state index in [1.807, 2.05) is 31.2 Å². The third kappa shape index (κ3) is 2.71. The molecule has 1 aromatic carbocycles. The van der Waals surface area contributed by atoms with Gasteiger partial charge in [-0.05, 0) is 24.1 Å². The summed E-state index contributed by atoms with van der Waals surface area (Å²) in [6.45, 7) is 1.97. The van der Waals surface area contributed by atoms with Gasteiger partial charge < -0.3 is 0 Å². The van der Waals surface area contributed by atoms with Gasteiger partial charge >= 0.3 is 0 Å². The fourth-order valence-electron chi connectivity index (χ4n) is 1.04. The van der Waals surface area contributed by atoms with Crippen molar-refractivity contribution in [3.63, 3.8) is 0 Å². The molecule has 0 bridgehead atoms. The maximum absolute atomic E-state index is 11.0. The van der Waals surface area contributed by atoms with Crippen molar-refractivity contribution in [1.29, 1.82) is 0 Å². The van der Waals surface area contributed by atoms with Crippen LogP contribution in [0.3, 0.4) is 0 Å². The van der Waals surface area contributed by atoms with E-state index >= 15 is 0 Å². The molecule has 0 saturated heterocycles. The SMILES string of the molecule is Cc1ccccc1/C=C/C(=O)N(C)O. The fraction of sp³-hybridized carbons (Fsp3) is 0.182. The third-order valence-corrected chi connectivity index (χ3v) is 1.91. The zero-order valence-electron chi connectivity index (χ0n) is 8.27. The van der Waals surface area contributed by atoms with E-state index < -0.39 is 5.91 Å². The van der Waals surface area contributed by atoms with Crippen LogP contribution in [0.2, 0.25) is 0 Å². The summed E-state index contributed by atoms with van der Waals surface area (Å²) in [5.41, 5.74) is 2.07. The largest absolute Gasteiger partial charge is 0.286 e. The molecule has 0 fully saturated rings. The molecular formula is C11H13NO2. The van der Waals surface area contributed by atoms with Crippen molar-refractivity contribution in [2.75, 3.05) is 7.05 Å². The van der Waals surface area contributed by atoms with Crippen LogP contribution in [0.4, 0.5) is 0 Å². The minimum absolute atomic E-state index is 0.437. The highest BCUT2D eigenvalue weighted by molar-refractivity contribution is 5.90. The van der Waals surface area contributed by atoms with Crippen LogP contribution in [0.25, 0.3) is 6.08 Å². The van der Waals surface area contributed by atoms with Crippen molar-refractivity contribution < 1.29 is 10.0 Å². The number of carbonyl (C=O) groups is 1. The van der Waals surface area contributed by atoms with Crippen molar-refractivity contribution in [3.05, 3.63) is 41.5 Å². The van der Waals surface area contributed by atoms with Crippen molar-refractivity contribution >= 4 is 12.0 Å². The van der Waals surface area contributed by atoms with Gasteiger partial charge in [-0.15, -0.1) is 0 Å². The van der Waals surface area contributed by atoms with Gasteiger partial charge in [-0.1, -0.05) is 24.3 Å². The maximum Gasteiger partial charge on any atom is 0.269 e. The fourth-order valence-corrected chi connectivity index (χ4v) is 1.04. The van der Waals surface area contributed by atoms with Crippen LogP contribution in [-0.2, 0) is 4.79 Å². The Balaban J connectivity index is 2.79. The van der Waals surface area contributed by atoms with Crippen LogP contribution in [0.5, 0.6) is 0 Å². The quantitative estimate of drug-likeness (QED) is 0.440. The molecule has 0 atom stereocenters. The zero-order chi connectivity index (χ0) is 10.6. The van der Waals surface area contributed by atoms with E-state index in [1.165, 1.54) is 13.1 Å². The first-order valence-corrected chi connectivity index (χ1v) is 4.31. The van der Waals surface area contributed by atoms with Gasteiger partial charge in [-0.3, -0.25) is 10.0 Å². The average molecular weight is 191 g/mol. The number of hydrogen-bond donors (Lipinski definition) is 1. The first kappa shape index (κ1) is 10.5. The standard InChI is InChI=1S/C11H13NO2/c1-9-5-3-4-6-10(9)7-8-11(13)12(2)14/h3-8,14H,1-2H3/b8-7+. The number of nitrogens with zero attached hydrogens (tertiary/aromatic N) is 1. The summed E-state index contributed by atoms with van der Waals surface area (Å²) in [5, 5.41) is 9.35. The molecule has 0 radical (unpaired) electrons. The number of aryl methyl sites for hydroxylation is 1. The predicted octanol–water partition coefficient (Wildman–Crippen LogP) is 1.86. The first-order valence-electron chi connectivity index (χ1n) is 4.31. The Labute approximate surface area is 83.2 Å². The number of likely N-dealkylation sites (N-methyl/N-ethyl adjacent to an activating group) is 1. The van der Waals surface area contributed by atoms with Gasteiger partial charge in [0, 0.05) is 13.1 Å². The monoisotopic (exact) mass is 191 g/mol. The minimum atomic E-state index is -0.437. The Morgan fingerprint density at radius 3 is 2.64 bits per heavy atom. The van der Waals surface area contributed by atoms with Crippen LogP contribution >= 0.6 is 0 Å². The highest BCUT2D eigenvalue weighted by Crippen LogP contribution is 2.08. The molecule has 0 heterocycles. The highest BCUT2D eigenvalue weighted by atomic mass is 16.5. The van der Waals surface area contributed by atoms with E-state index in [0.717, 1.165) is 11.1 Å². The Morgan fingerprint density at radius 1 is 1.43 bits per heavy atom. The maximum atomic E-state index is 11.0. The minimum Gasteiger partial charge on any atom is -0.286 e. The van der Waals surface area contributed by atoms with Crippen molar-refractivity contribution in [3.8, 4) is 0 Å². The van der Waals surface area contributed by atoms with Gasteiger partial charge in [0.05, 0.1) is 0 Å². The molecule has 1 amide bonds. The summed E-state index contributed by atoms with van der Waals surface area (Å²) < 4.78 is 0.